The molecule has 0 saturated carbocycles. The summed E-state index contributed by atoms with van der Waals surface area (Å²) >= 11 is 0. The van der Waals surface area contributed by atoms with Gasteiger partial charge in [-0.2, -0.15) is 5.26 Å². The van der Waals surface area contributed by atoms with E-state index in [0.717, 1.165) is 5.56 Å². The van der Waals surface area contributed by atoms with E-state index >= 15 is 0 Å². The maximum atomic E-state index is 13.1. The smallest absolute Gasteiger partial charge is 0.263 e. The lowest BCUT2D eigenvalue weighted by molar-refractivity contribution is -0.128. The predicted octanol–water partition coefficient (Wildman–Crippen LogP) is 0.866. The first-order valence-corrected chi connectivity index (χ1v) is 9.63. The van der Waals surface area contributed by atoms with Crippen LogP contribution in [0.25, 0.3) is 0 Å². The van der Waals surface area contributed by atoms with Gasteiger partial charge in [-0.05, 0) is 43.3 Å². The molecule has 2 aromatic carbocycles. The summed E-state index contributed by atoms with van der Waals surface area (Å²) in [4.78, 5) is 41.8. The number of benzene rings is 2. The average Bonchev–Trinajstić information content (AvgIpc) is 3.22. The van der Waals surface area contributed by atoms with E-state index in [-0.39, 0.29) is 38.0 Å². The van der Waals surface area contributed by atoms with Crippen molar-refractivity contribution in [1.29, 1.82) is 5.26 Å². The second-order valence-corrected chi connectivity index (χ2v) is 7.01. The lowest BCUT2D eigenvalue weighted by Gasteiger charge is -2.29. The minimum Gasteiger partial charge on any atom is -0.351 e. The summed E-state index contributed by atoms with van der Waals surface area (Å²) in [6, 6.07) is 15.2. The van der Waals surface area contributed by atoms with Crippen LogP contribution in [-0.4, -0.2) is 59.9 Å². The zero-order chi connectivity index (χ0) is 21.7. The van der Waals surface area contributed by atoms with Gasteiger partial charge in [-0.15, -0.1) is 0 Å². The number of nitrogens with one attached hydrogen (secondary N) is 1. The lowest BCUT2D eigenvalue weighted by Crippen LogP contribution is -2.54. The number of hydrogen-bond acceptors (Lipinski definition) is 5. The summed E-state index contributed by atoms with van der Waals surface area (Å²) in [7, 11) is 0. The molecular weight excluding hydrogens is 382 g/mol. The molecule has 1 aliphatic heterocycles. The molecule has 2 aromatic rings. The number of hydrogen-bond donors (Lipinski definition) is 2. The monoisotopic (exact) mass is 405 g/mol. The highest BCUT2D eigenvalue weighted by Crippen LogP contribution is 2.21. The second kappa shape index (κ2) is 9.20. The fourth-order valence-electron chi connectivity index (χ4n) is 3.34. The van der Waals surface area contributed by atoms with Gasteiger partial charge in [0, 0.05) is 37.3 Å². The van der Waals surface area contributed by atoms with E-state index in [2.05, 4.69) is 5.32 Å². The molecule has 1 heterocycles. The molecule has 0 aromatic heterocycles. The molecule has 1 atom stereocenters. The van der Waals surface area contributed by atoms with Crippen molar-refractivity contribution in [1.82, 2.24) is 15.1 Å². The predicted molar refractivity (Wildman–Crippen MR) is 110 cm³/mol. The molecule has 0 bridgehead atoms. The normalized spacial score (nSPS) is 15.6. The van der Waals surface area contributed by atoms with Crippen LogP contribution < -0.4 is 11.1 Å². The first-order valence-electron chi connectivity index (χ1n) is 9.63. The maximum Gasteiger partial charge on any atom is 0.263 e. The quantitative estimate of drug-likeness (QED) is 0.765. The number of rotatable bonds is 5. The molecule has 1 unspecified atom stereocenters. The Morgan fingerprint density at radius 2 is 1.50 bits per heavy atom. The van der Waals surface area contributed by atoms with Crippen molar-refractivity contribution in [3.63, 3.8) is 0 Å². The van der Waals surface area contributed by atoms with Crippen LogP contribution in [0.1, 0.15) is 31.8 Å². The van der Waals surface area contributed by atoms with E-state index < -0.39 is 12.1 Å². The topological polar surface area (TPSA) is 120 Å². The molecule has 8 nitrogen and oxygen atoms in total. The molecular formula is C22H23N5O3. The summed E-state index contributed by atoms with van der Waals surface area (Å²) in [5.41, 5.74) is 7.73. The second-order valence-electron chi connectivity index (χ2n) is 7.01. The molecule has 3 N–H and O–H groups in total. The number of nitrogens with two attached hydrogens (primary N) is 1. The van der Waals surface area contributed by atoms with Crippen LogP contribution in [0.4, 0.5) is 0 Å². The van der Waals surface area contributed by atoms with Crippen molar-refractivity contribution in [3.8, 4) is 6.07 Å². The van der Waals surface area contributed by atoms with Crippen LogP contribution in [0.5, 0.6) is 0 Å². The van der Waals surface area contributed by atoms with Crippen molar-refractivity contribution >= 4 is 17.7 Å². The molecule has 154 valence electrons. The van der Waals surface area contributed by atoms with E-state index in [4.69, 9.17) is 11.0 Å². The Morgan fingerprint density at radius 3 is 1.97 bits per heavy atom. The van der Waals surface area contributed by atoms with Crippen molar-refractivity contribution in [2.24, 2.45) is 5.73 Å². The number of aryl methyl sites for hydroxylation is 1. The van der Waals surface area contributed by atoms with Gasteiger partial charge in [0.25, 0.3) is 17.7 Å². The molecule has 8 heteroatoms. The molecule has 3 amide bonds. The van der Waals surface area contributed by atoms with Crippen molar-refractivity contribution in [2.75, 3.05) is 26.2 Å². The third-order valence-corrected chi connectivity index (χ3v) is 4.93. The Hall–Kier alpha value is -3.70. The Kier molecular flexibility index (Phi) is 6.45. The van der Waals surface area contributed by atoms with Crippen molar-refractivity contribution in [2.45, 2.75) is 13.1 Å². The molecule has 0 aliphatic carbocycles. The van der Waals surface area contributed by atoms with E-state index in [1.165, 1.54) is 9.80 Å². The van der Waals surface area contributed by atoms with Crippen LogP contribution in [-0.2, 0) is 4.79 Å². The first-order chi connectivity index (χ1) is 14.5. The van der Waals surface area contributed by atoms with E-state index in [1.54, 1.807) is 36.4 Å². The van der Waals surface area contributed by atoms with Gasteiger partial charge in [-0.1, -0.05) is 17.7 Å². The van der Waals surface area contributed by atoms with Crippen molar-refractivity contribution < 1.29 is 14.4 Å². The fraction of sp³-hybridized carbons (Fsp3) is 0.273. The summed E-state index contributed by atoms with van der Waals surface area (Å²) in [6.45, 7) is 2.85. The molecule has 3 rings (SSSR count). The number of nitrogens with zero attached hydrogens (tertiary/aromatic N) is 3. The van der Waals surface area contributed by atoms with Gasteiger partial charge in [-0.25, -0.2) is 0 Å². The third kappa shape index (κ3) is 4.31. The van der Waals surface area contributed by atoms with Crippen LogP contribution >= 0.6 is 0 Å². The first kappa shape index (κ1) is 21.0. The minimum absolute atomic E-state index is 0.219. The maximum absolute atomic E-state index is 13.1. The SMILES string of the molecule is Cc1ccc(C(=O)N2CCN(C(=O)c3ccc(C#N)cc3)C2C(=O)NCCN)cc1. The number of carbonyl (C=O) groups is 3. The van der Waals surface area contributed by atoms with E-state index in [9.17, 15) is 14.4 Å². The molecule has 1 aliphatic rings. The van der Waals surface area contributed by atoms with Gasteiger partial charge in [-0.3, -0.25) is 14.4 Å². The summed E-state index contributed by atoms with van der Waals surface area (Å²) < 4.78 is 0. The largest absolute Gasteiger partial charge is 0.351 e. The zero-order valence-electron chi connectivity index (χ0n) is 16.7. The highest BCUT2D eigenvalue weighted by Gasteiger charge is 2.43. The highest BCUT2D eigenvalue weighted by molar-refractivity contribution is 6.02. The number of amides is 3. The molecule has 30 heavy (non-hydrogen) atoms. The summed E-state index contributed by atoms with van der Waals surface area (Å²) in [5.74, 6) is -1.16. The van der Waals surface area contributed by atoms with E-state index in [0.29, 0.717) is 16.7 Å². The summed E-state index contributed by atoms with van der Waals surface area (Å²) in [5, 5.41) is 11.6. The Morgan fingerprint density at radius 1 is 1.00 bits per heavy atom. The highest BCUT2D eigenvalue weighted by atomic mass is 16.2. The Labute approximate surface area is 174 Å². The Bertz CT molecular complexity index is 979. The lowest BCUT2D eigenvalue weighted by atomic mass is 10.1. The summed E-state index contributed by atoms with van der Waals surface area (Å²) in [6.07, 6.45) is -1.08. The van der Waals surface area contributed by atoms with Crippen molar-refractivity contribution in [3.05, 3.63) is 70.8 Å². The van der Waals surface area contributed by atoms with Gasteiger partial charge in [0.05, 0.1) is 11.6 Å². The van der Waals surface area contributed by atoms with Crippen LogP contribution in [0, 0.1) is 18.3 Å². The third-order valence-electron chi connectivity index (χ3n) is 4.93. The van der Waals surface area contributed by atoms with Gasteiger partial charge < -0.3 is 20.9 Å². The zero-order valence-corrected chi connectivity index (χ0v) is 16.7. The molecule has 1 saturated heterocycles. The standard InChI is InChI=1S/C22H23N5O3/c1-15-2-6-17(7-3-15)21(29)26-12-13-27(20(26)19(28)25-11-10-23)22(30)18-8-4-16(14-24)5-9-18/h2-9,20H,10-13,23H2,1H3,(H,25,28). The van der Waals surface area contributed by atoms with Gasteiger partial charge in [0.15, 0.2) is 6.17 Å². The van der Waals surface area contributed by atoms with Gasteiger partial charge in [0.2, 0.25) is 0 Å². The molecule has 0 spiro atoms. The number of carbonyl (C=O) groups excluding carboxylic acids is 3. The van der Waals surface area contributed by atoms with Crippen LogP contribution in [0.15, 0.2) is 48.5 Å². The number of nitriles is 1. The minimum atomic E-state index is -1.08. The van der Waals surface area contributed by atoms with Crippen LogP contribution in [0.2, 0.25) is 0 Å². The average molecular weight is 405 g/mol. The molecule has 1 fully saturated rings. The fourth-order valence-corrected chi connectivity index (χ4v) is 3.34. The van der Waals surface area contributed by atoms with Crippen LogP contribution in [0.3, 0.4) is 0 Å². The van der Waals surface area contributed by atoms with Gasteiger partial charge in [0.1, 0.15) is 0 Å². The molecule has 0 radical (unpaired) electrons. The van der Waals surface area contributed by atoms with E-state index in [1.807, 2.05) is 25.1 Å². The van der Waals surface area contributed by atoms with Gasteiger partial charge >= 0.3 is 0 Å². The Balaban J connectivity index is 1.89.